The smallest absolute Gasteiger partial charge is 0.224 e. The van der Waals surface area contributed by atoms with Gasteiger partial charge in [-0.3, -0.25) is 4.79 Å². The zero-order chi connectivity index (χ0) is 14.4. The van der Waals surface area contributed by atoms with Gasteiger partial charge in [-0.25, -0.2) is 4.98 Å². The van der Waals surface area contributed by atoms with Crippen LogP contribution in [0.2, 0.25) is 0 Å². The number of carbonyl (C=O) groups is 1. The molecule has 0 radical (unpaired) electrons. The number of nitrogens with one attached hydrogen (secondary N) is 1. The lowest BCUT2D eigenvalue weighted by molar-refractivity contribution is -0.126. The molecule has 0 aromatic carbocycles. The highest BCUT2D eigenvalue weighted by atomic mass is 16.5. The minimum atomic E-state index is -0.0693. The predicted octanol–water partition coefficient (Wildman–Crippen LogP) is 1.61. The fourth-order valence-electron chi connectivity index (χ4n) is 2.72. The van der Waals surface area contributed by atoms with Crippen molar-refractivity contribution in [2.45, 2.75) is 44.7 Å². The summed E-state index contributed by atoms with van der Waals surface area (Å²) in [4.78, 5) is 16.4. The summed E-state index contributed by atoms with van der Waals surface area (Å²) >= 11 is 0. The van der Waals surface area contributed by atoms with Crippen molar-refractivity contribution in [1.29, 1.82) is 0 Å². The third kappa shape index (κ3) is 3.70. The van der Waals surface area contributed by atoms with E-state index in [0.29, 0.717) is 12.4 Å². The van der Waals surface area contributed by atoms with Crippen LogP contribution in [-0.4, -0.2) is 24.0 Å². The van der Waals surface area contributed by atoms with E-state index in [1.807, 2.05) is 12.1 Å². The standard InChI is InChI=1S/C15H23N3O2/c1-20-15-11(6-5-9-17-15)10-18-14(19)12-7-3-2-4-8-13(12)16/h5-6,9,12-13H,2-4,7-8,10,16H2,1H3,(H,18,19). The van der Waals surface area contributed by atoms with Gasteiger partial charge in [-0.1, -0.05) is 25.3 Å². The van der Waals surface area contributed by atoms with Crippen molar-refractivity contribution in [3.63, 3.8) is 0 Å². The Morgan fingerprint density at radius 1 is 1.45 bits per heavy atom. The Bertz CT molecular complexity index is 450. The molecule has 5 heteroatoms. The van der Waals surface area contributed by atoms with E-state index < -0.39 is 0 Å². The van der Waals surface area contributed by atoms with E-state index in [1.54, 1.807) is 13.3 Å². The van der Waals surface area contributed by atoms with Crippen LogP contribution in [0.3, 0.4) is 0 Å². The molecule has 1 aromatic heterocycles. The summed E-state index contributed by atoms with van der Waals surface area (Å²) in [5, 5.41) is 2.96. The normalized spacial score (nSPS) is 22.9. The van der Waals surface area contributed by atoms with Gasteiger partial charge >= 0.3 is 0 Å². The molecule has 1 amide bonds. The molecule has 0 spiro atoms. The van der Waals surface area contributed by atoms with E-state index in [4.69, 9.17) is 10.5 Å². The van der Waals surface area contributed by atoms with Crippen LogP contribution >= 0.6 is 0 Å². The van der Waals surface area contributed by atoms with Crippen LogP contribution in [0.4, 0.5) is 0 Å². The molecule has 2 rings (SSSR count). The Hall–Kier alpha value is -1.62. The van der Waals surface area contributed by atoms with Gasteiger partial charge in [0.2, 0.25) is 11.8 Å². The molecule has 1 saturated carbocycles. The Morgan fingerprint density at radius 2 is 2.25 bits per heavy atom. The first-order valence-electron chi connectivity index (χ1n) is 7.23. The minimum absolute atomic E-state index is 0.0201. The zero-order valence-corrected chi connectivity index (χ0v) is 12.0. The summed E-state index contributed by atoms with van der Waals surface area (Å²) in [6, 6.07) is 3.72. The third-order valence-corrected chi connectivity index (χ3v) is 3.90. The molecule has 20 heavy (non-hydrogen) atoms. The minimum Gasteiger partial charge on any atom is -0.481 e. The number of hydrogen-bond donors (Lipinski definition) is 2. The van der Waals surface area contributed by atoms with E-state index in [2.05, 4.69) is 10.3 Å². The van der Waals surface area contributed by atoms with Crippen molar-refractivity contribution in [1.82, 2.24) is 10.3 Å². The van der Waals surface area contributed by atoms with E-state index in [9.17, 15) is 4.79 Å². The third-order valence-electron chi connectivity index (χ3n) is 3.90. The largest absolute Gasteiger partial charge is 0.481 e. The fourth-order valence-corrected chi connectivity index (χ4v) is 2.72. The van der Waals surface area contributed by atoms with Crippen LogP contribution in [0.5, 0.6) is 5.88 Å². The molecule has 2 atom stereocenters. The maximum atomic E-state index is 12.3. The van der Waals surface area contributed by atoms with E-state index in [1.165, 1.54) is 6.42 Å². The van der Waals surface area contributed by atoms with Gasteiger partial charge in [-0.2, -0.15) is 0 Å². The second-order valence-corrected chi connectivity index (χ2v) is 5.30. The number of pyridine rings is 1. The van der Waals surface area contributed by atoms with Gasteiger partial charge in [0.1, 0.15) is 0 Å². The van der Waals surface area contributed by atoms with Crippen LogP contribution in [0.1, 0.15) is 37.7 Å². The maximum absolute atomic E-state index is 12.3. The quantitative estimate of drug-likeness (QED) is 0.820. The van der Waals surface area contributed by atoms with Crippen molar-refractivity contribution < 1.29 is 9.53 Å². The summed E-state index contributed by atoms with van der Waals surface area (Å²) in [5.74, 6) is 0.531. The van der Waals surface area contributed by atoms with Crippen LogP contribution < -0.4 is 15.8 Å². The summed E-state index contributed by atoms with van der Waals surface area (Å²) in [5.41, 5.74) is 6.99. The van der Waals surface area contributed by atoms with Crippen LogP contribution in [0.25, 0.3) is 0 Å². The van der Waals surface area contributed by atoms with Crippen LogP contribution in [0, 0.1) is 5.92 Å². The second-order valence-electron chi connectivity index (χ2n) is 5.30. The Labute approximate surface area is 119 Å². The number of nitrogens with two attached hydrogens (primary N) is 1. The van der Waals surface area contributed by atoms with Gasteiger partial charge in [0.05, 0.1) is 13.0 Å². The molecule has 1 aliphatic rings. The molecule has 2 unspecified atom stereocenters. The number of amides is 1. The number of nitrogens with zero attached hydrogens (tertiary/aromatic N) is 1. The molecular formula is C15H23N3O2. The van der Waals surface area contributed by atoms with Gasteiger partial charge in [0.25, 0.3) is 0 Å². The highest BCUT2D eigenvalue weighted by Gasteiger charge is 2.26. The molecule has 3 N–H and O–H groups in total. The summed E-state index contributed by atoms with van der Waals surface area (Å²) in [6.07, 6.45) is 6.88. The molecule has 1 fully saturated rings. The van der Waals surface area contributed by atoms with Gasteiger partial charge in [-0.05, 0) is 18.9 Å². The molecule has 0 bridgehead atoms. The maximum Gasteiger partial charge on any atom is 0.224 e. The molecule has 0 aliphatic heterocycles. The van der Waals surface area contributed by atoms with Gasteiger partial charge in [0, 0.05) is 24.3 Å². The number of methoxy groups -OCH3 is 1. The lowest BCUT2D eigenvalue weighted by atomic mass is 9.94. The molecule has 0 saturated heterocycles. The lowest BCUT2D eigenvalue weighted by Gasteiger charge is -2.20. The predicted molar refractivity (Wildman–Crippen MR) is 77.2 cm³/mol. The van der Waals surface area contributed by atoms with E-state index >= 15 is 0 Å². The zero-order valence-electron chi connectivity index (χ0n) is 12.0. The average molecular weight is 277 g/mol. The summed E-state index contributed by atoms with van der Waals surface area (Å²) in [7, 11) is 1.58. The molecule has 5 nitrogen and oxygen atoms in total. The molecule has 1 heterocycles. The van der Waals surface area contributed by atoms with E-state index in [-0.39, 0.29) is 17.9 Å². The number of aromatic nitrogens is 1. The average Bonchev–Trinajstić information content (AvgIpc) is 2.69. The Morgan fingerprint density at radius 3 is 3.05 bits per heavy atom. The Balaban J connectivity index is 1.94. The molecule has 1 aliphatic carbocycles. The van der Waals surface area contributed by atoms with Crippen molar-refractivity contribution >= 4 is 5.91 Å². The molecular weight excluding hydrogens is 254 g/mol. The number of carbonyl (C=O) groups excluding carboxylic acids is 1. The first-order valence-corrected chi connectivity index (χ1v) is 7.23. The molecule has 110 valence electrons. The SMILES string of the molecule is COc1ncccc1CNC(=O)C1CCCCCC1N. The topological polar surface area (TPSA) is 77.2 Å². The molecule has 1 aromatic rings. The number of rotatable bonds is 4. The van der Waals surface area contributed by atoms with Crippen LogP contribution in [0.15, 0.2) is 18.3 Å². The Kier molecular flexibility index (Phi) is 5.35. The van der Waals surface area contributed by atoms with Gasteiger partial charge in [0.15, 0.2) is 0 Å². The number of hydrogen-bond acceptors (Lipinski definition) is 4. The first-order chi connectivity index (χ1) is 9.72. The van der Waals surface area contributed by atoms with Crippen molar-refractivity contribution in [3.05, 3.63) is 23.9 Å². The number of ether oxygens (including phenoxy) is 1. The van der Waals surface area contributed by atoms with Crippen molar-refractivity contribution in [2.75, 3.05) is 7.11 Å². The second kappa shape index (κ2) is 7.24. The van der Waals surface area contributed by atoms with Gasteiger partial charge < -0.3 is 15.8 Å². The van der Waals surface area contributed by atoms with Crippen LogP contribution in [-0.2, 0) is 11.3 Å². The fraction of sp³-hybridized carbons (Fsp3) is 0.600. The highest BCUT2D eigenvalue weighted by molar-refractivity contribution is 5.79. The van der Waals surface area contributed by atoms with Gasteiger partial charge in [-0.15, -0.1) is 0 Å². The van der Waals surface area contributed by atoms with E-state index in [0.717, 1.165) is 31.2 Å². The summed E-state index contributed by atoms with van der Waals surface area (Å²) in [6.45, 7) is 0.430. The highest BCUT2D eigenvalue weighted by Crippen LogP contribution is 2.22. The van der Waals surface area contributed by atoms with Crippen molar-refractivity contribution in [3.8, 4) is 5.88 Å². The summed E-state index contributed by atoms with van der Waals surface area (Å²) < 4.78 is 5.18. The monoisotopic (exact) mass is 277 g/mol. The first kappa shape index (κ1) is 14.8. The van der Waals surface area contributed by atoms with Crippen molar-refractivity contribution in [2.24, 2.45) is 11.7 Å². The lowest BCUT2D eigenvalue weighted by Crippen LogP contribution is -2.41.